The SMILES string of the molecule is C[C@H](Sc1ccccc1)C(=O)OCC(=O)NCc1ccc(N(C)C)cc1. The van der Waals surface area contributed by atoms with Crippen LogP contribution in [0.25, 0.3) is 0 Å². The highest BCUT2D eigenvalue weighted by Crippen LogP contribution is 2.23. The van der Waals surface area contributed by atoms with Gasteiger partial charge in [0.25, 0.3) is 5.91 Å². The van der Waals surface area contributed by atoms with Crippen LogP contribution < -0.4 is 10.2 Å². The van der Waals surface area contributed by atoms with Crippen LogP contribution in [-0.2, 0) is 20.9 Å². The van der Waals surface area contributed by atoms with E-state index in [2.05, 4.69) is 5.32 Å². The van der Waals surface area contributed by atoms with Crippen molar-refractivity contribution in [1.82, 2.24) is 5.32 Å². The van der Waals surface area contributed by atoms with Gasteiger partial charge in [-0.25, -0.2) is 0 Å². The monoisotopic (exact) mass is 372 g/mol. The van der Waals surface area contributed by atoms with Gasteiger partial charge in [-0.15, -0.1) is 11.8 Å². The standard InChI is InChI=1S/C20H24N2O3S/c1-15(26-18-7-5-4-6-8-18)20(24)25-14-19(23)21-13-16-9-11-17(12-10-16)22(2)3/h4-12,15H,13-14H2,1-3H3,(H,21,23)/t15-/m0/s1. The van der Waals surface area contributed by atoms with E-state index in [1.165, 1.54) is 11.8 Å². The van der Waals surface area contributed by atoms with Crippen molar-refractivity contribution in [2.24, 2.45) is 0 Å². The van der Waals surface area contributed by atoms with Gasteiger partial charge in [0.05, 0.1) is 0 Å². The Bertz CT molecular complexity index is 718. The fourth-order valence-electron chi connectivity index (χ4n) is 2.17. The number of esters is 1. The molecule has 1 amide bonds. The Kier molecular flexibility index (Phi) is 7.53. The second-order valence-electron chi connectivity index (χ2n) is 6.02. The van der Waals surface area contributed by atoms with E-state index in [0.717, 1.165) is 16.1 Å². The van der Waals surface area contributed by atoms with E-state index in [1.54, 1.807) is 6.92 Å². The number of carbonyl (C=O) groups is 2. The molecule has 0 spiro atoms. The van der Waals surface area contributed by atoms with Gasteiger partial charge in [0.2, 0.25) is 0 Å². The van der Waals surface area contributed by atoms with E-state index in [1.807, 2.05) is 73.6 Å². The van der Waals surface area contributed by atoms with Crippen LogP contribution in [0, 0.1) is 0 Å². The van der Waals surface area contributed by atoms with Crippen molar-refractivity contribution >= 4 is 29.3 Å². The molecule has 1 atom stereocenters. The molecule has 0 radical (unpaired) electrons. The van der Waals surface area contributed by atoms with Crippen molar-refractivity contribution in [3.63, 3.8) is 0 Å². The Hall–Kier alpha value is -2.47. The summed E-state index contributed by atoms with van der Waals surface area (Å²) in [6.45, 7) is 1.90. The maximum absolute atomic E-state index is 12.0. The average molecular weight is 372 g/mol. The highest BCUT2D eigenvalue weighted by Gasteiger charge is 2.17. The lowest BCUT2D eigenvalue weighted by molar-refractivity contribution is -0.147. The minimum atomic E-state index is -0.399. The Morgan fingerprint density at radius 3 is 2.35 bits per heavy atom. The van der Waals surface area contributed by atoms with Gasteiger partial charge in [-0.3, -0.25) is 9.59 Å². The highest BCUT2D eigenvalue weighted by molar-refractivity contribution is 8.00. The van der Waals surface area contributed by atoms with Crippen LogP contribution in [0.5, 0.6) is 0 Å². The summed E-state index contributed by atoms with van der Waals surface area (Å²) in [5, 5.41) is 2.38. The molecule has 0 saturated carbocycles. The molecule has 0 aromatic heterocycles. The Morgan fingerprint density at radius 1 is 1.08 bits per heavy atom. The fourth-order valence-corrected chi connectivity index (χ4v) is 3.06. The number of rotatable bonds is 8. The Morgan fingerprint density at radius 2 is 1.73 bits per heavy atom. The Balaban J connectivity index is 1.71. The number of hydrogen-bond donors (Lipinski definition) is 1. The van der Waals surface area contributed by atoms with E-state index in [4.69, 9.17) is 4.74 Å². The second-order valence-corrected chi connectivity index (χ2v) is 7.43. The van der Waals surface area contributed by atoms with Crippen LogP contribution in [0.2, 0.25) is 0 Å². The molecule has 0 fully saturated rings. The fraction of sp³-hybridized carbons (Fsp3) is 0.300. The van der Waals surface area contributed by atoms with Gasteiger partial charge in [-0.2, -0.15) is 0 Å². The first kappa shape index (κ1) is 19.8. The number of benzene rings is 2. The molecule has 1 N–H and O–H groups in total. The third kappa shape index (κ3) is 6.44. The number of carbonyl (C=O) groups excluding carboxylic acids is 2. The number of thioether (sulfide) groups is 1. The quantitative estimate of drug-likeness (QED) is 0.570. The maximum atomic E-state index is 12.0. The zero-order valence-corrected chi connectivity index (χ0v) is 16.1. The van der Waals surface area contributed by atoms with E-state index in [0.29, 0.717) is 6.54 Å². The van der Waals surface area contributed by atoms with Crippen LogP contribution in [0.3, 0.4) is 0 Å². The summed E-state index contributed by atoms with van der Waals surface area (Å²) in [7, 11) is 3.95. The molecular weight excluding hydrogens is 348 g/mol. The summed E-state index contributed by atoms with van der Waals surface area (Å²) < 4.78 is 5.10. The largest absolute Gasteiger partial charge is 0.455 e. The number of ether oxygens (including phenoxy) is 1. The van der Waals surface area contributed by atoms with Crippen molar-refractivity contribution in [3.05, 3.63) is 60.2 Å². The molecule has 26 heavy (non-hydrogen) atoms. The summed E-state index contributed by atoms with van der Waals surface area (Å²) in [6.07, 6.45) is 0. The van der Waals surface area contributed by atoms with Gasteiger partial charge < -0.3 is 15.0 Å². The molecule has 0 heterocycles. The molecule has 0 saturated heterocycles. The van der Waals surface area contributed by atoms with Gasteiger partial charge >= 0.3 is 5.97 Å². The molecule has 2 aromatic rings. The molecule has 0 bridgehead atoms. The smallest absolute Gasteiger partial charge is 0.319 e. The number of amides is 1. The van der Waals surface area contributed by atoms with Crippen LogP contribution in [0.4, 0.5) is 5.69 Å². The van der Waals surface area contributed by atoms with Gasteiger partial charge in [0.15, 0.2) is 6.61 Å². The van der Waals surface area contributed by atoms with Gasteiger partial charge in [-0.1, -0.05) is 30.3 Å². The van der Waals surface area contributed by atoms with Crippen LogP contribution in [0.1, 0.15) is 12.5 Å². The lowest BCUT2D eigenvalue weighted by Crippen LogP contribution is -2.30. The molecular formula is C20H24N2O3S. The maximum Gasteiger partial charge on any atom is 0.319 e. The molecule has 6 heteroatoms. The van der Waals surface area contributed by atoms with Crippen molar-refractivity contribution in [2.45, 2.75) is 23.6 Å². The molecule has 5 nitrogen and oxygen atoms in total. The summed E-state index contributed by atoms with van der Waals surface area (Å²) >= 11 is 1.41. The lowest BCUT2D eigenvalue weighted by atomic mass is 10.2. The molecule has 0 aliphatic carbocycles. The summed E-state index contributed by atoms with van der Waals surface area (Å²) in [5.74, 6) is -0.712. The molecule has 0 aliphatic rings. The van der Waals surface area contributed by atoms with Crippen LogP contribution in [0.15, 0.2) is 59.5 Å². The minimum Gasteiger partial charge on any atom is -0.455 e. The van der Waals surface area contributed by atoms with E-state index >= 15 is 0 Å². The summed E-state index contributed by atoms with van der Waals surface area (Å²) in [6, 6.07) is 17.5. The first-order valence-electron chi connectivity index (χ1n) is 8.37. The highest BCUT2D eigenvalue weighted by atomic mass is 32.2. The minimum absolute atomic E-state index is 0.270. The number of nitrogens with one attached hydrogen (secondary N) is 1. The normalized spacial score (nSPS) is 11.5. The first-order valence-corrected chi connectivity index (χ1v) is 9.25. The van der Waals surface area contributed by atoms with E-state index in [9.17, 15) is 9.59 Å². The zero-order valence-electron chi connectivity index (χ0n) is 15.3. The summed E-state index contributed by atoms with van der Waals surface area (Å²) in [5.41, 5.74) is 2.09. The number of anilines is 1. The topological polar surface area (TPSA) is 58.6 Å². The zero-order chi connectivity index (χ0) is 18.9. The van der Waals surface area contributed by atoms with Gasteiger partial charge in [0, 0.05) is 31.2 Å². The van der Waals surface area contributed by atoms with E-state index in [-0.39, 0.29) is 17.8 Å². The van der Waals surface area contributed by atoms with Gasteiger partial charge in [-0.05, 0) is 36.8 Å². The van der Waals surface area contributed by atoms with Crippen molar-refractivity contribution in [3.8, 4) is 0 Å². The molecule has 138 valence electrons. The molecule has 0 aliphatic heterocycles. The molecule has 2 rings (SSSR count). The third-order valence-electron chi connectivity index (χ3n) is 3.68. The van der Waals surface area contributed by atoms with Crippen molar-refractivity contribution in [2.75, 3.05) is 25.6 Å². The number of nitrogens with zero attached hydrogens (tertiary/aromatic N) is 1. The lowest BCUT2D eigenvalue weighted by Gasteiger charge is -2.13. The Labute approximate surface area is 158 Å². The summed E-state index contributed by atoms with van der Waals surface area (Å²) in [4.78, 5) is 26.9. The predicted octanol–water partition coefficient (Wildman–Crippen LogP) is 3.09. The second kappa shape index (κ2) is 9.87. The number of hydrogen-bond acceptors (Lipinski definition) is 5. The van der Waals surface area contributed by atoms with E-state index < -0.39 is 5.97 Å². The average Bonchev–Trinajstić information content (AvgIpc) is 2.65. The molecule has 2 aromatic carbocycles. The predicted molar refractivity (Wildman–Crippen MR) is 105 cm³/mol. The van der Waals surface area contributed by atoms with Gasteiger partial charge in [0.1, 0.15) is 5.25 Å². The van der Waals surface area contributed by atoms with Crippen LogP contribution >= 0.6 is 11.8 Å². The van der Waals surface area contributed by atoms with Crippen molar-refractivity contribution < 1.29 is 14.3 Å². The van der Waals surface area contributed by atoms with Crippen LogP contribution in [-0.4, -0.2) is 37.8 Å². The van der Waals surface area contributed by atoms with Crippen molar-refractivity contribution in [1.29, 1.82) is 0 Å². The first-order chi connectivity index (χ1) is 12.5. The third-order valence-corrected chi connectivity index (χ3v) is 4.77. The molecule has 0 unspecified atom stereocenters.